The van der Waals surface area contributed by atoms with Crippen LogP contribution in [0.25, 0.3) is 0 Å². The first-order valence-corrected chi connectivity index (χ1v) is 7.91. The summed E-state index contributed by atoms with van der Waals surface area (Å²) in [5, 5.41) is 3.44. The second-order valence-corrected chi connectivity index (χ2v) is 6.06. The molecule has 1 aromatic rings. The summed E-state index contributed by atoms with van der Waals surface area (Å²) in [6.45, 7) is 2.91. The lowest BCUT2D eigenvalue weighted by Crippen LogP contribution is -2.44. The Kier molecular flexibility index (Phi) is 4.44. The number of hydrogen-bond acceptors (Lipinski definition) is 3. The van der Waals surface area contributed by atoms with Crippen molar-refractivity contribution < 1.29 is 9.53 Å². The Hall–Kier alpha value is -1.55. The van der Waals surface area contributed by atoms with E-state index >= 15 is 0 Å². The van der Waals surface area contributed by atoms with E-state index in [2.05, 4.69) is 10.2 Å². The van der Waals surface area contributed by atoms with Gasteiger partial charge in [-0.3, -0.25) is 4.79 Å². The molecule has 0 saturated carbocycles. The van der Waals surface area contributed by atoms with Gasteiger partial charge in [-0.05, 0) is 24.8 Å². The van der Waals surface area contributed by atoms with Gasteiger partial charge in [0.15, 0.2) is 0 Å². The highest BCUT2D eigenvalue weighted by molar-refractivity contribution is 5.80. The van der Waals surface area contributed by atoms with Crippen LogP contribution in [-0.2, 0) is 11.2 Å². The van der Waals surface area contributed by atoms with Gasteiger partial charge in [0.1, 0.15) is 5.75 Å². The molecular formula is C17H24N2O2. The SMILES string of the molecule is COc1ccccc1CC(=O)N1CCCC[C@@H]2CNC[C@@H]21. The van der Waals surface area contributed by atoms with Crippen LogP contribution in [0.15, 0.2) is 24.3 Å². The van der Waals surface area contributed by atoms with Crippen molar-refractivity contribution in [3.63, 3.8) is 0 Å². The molecule has 0 unspecified atom stereocenters. The molecule has 1 N–H and O–H groups in total. The van der Waals surface area contributed by atoms with E-state index in [0.717, 1.165) is 37.4 Å². The summed E-state index contributed by atoms with van der Waals surface area (Å²) in [7, 11) is 1.66. The fourth-order valence-corrected chi connectivity index (χ4v) is 3.66. The van der Waals surface area contributed by atoms with Crippen LogP contribution < -0.4 is 10.1 Å². The highest BCUT2D eigenvalue weighted by atomic mass is 16.5. The number of benzene rings is 1. The number of para-hydroxylation sites is 1. The Morgan fingerprint density at radius 3 is 3.05 bits per heavy atom. The van der Waals surface area contributed by atoms with Crippen LogP contribution in [0.3, 0.4) is 0 Å². The molecule has 3 rings (SSSR count). The molecule has 0 radical (unpaired) electrons. The zero-order chi connectivity index (χ0) is 14.7. The molecule has 2 aliphatic rings. The number of nitrogens with zero attached hydrogens (tertiary/aromatic N) is 1. The van der Waals surface area contributed by atoms with E-state index < -0.39 is 0 Å². The third kappa shape index (κ3) is 3.05. The van der Waals surface area contributed by atoms with Crippen LogP contribution in [0.5, 0.6) is 5.75 Å². The molecule has 2 aliphatic heterocycles. The quantitative estimate of drug-likeness (QED) is 0.923. The van der Waals surface area contributed by atoms with Gasteiger partial charge >= 0.3 is 0 Å². The van der Waals surface area contributed by atoms with Crippen molar-refractivity contribution in [1.82, 2.24) is 10.2 Å². The Morgan fingerprint density at radius 1 is 1.33 bits per heavy atom. The topological polar surface area (TPSA) is 41.6 Å². The van der Waals surface area contributed by atoms with Crippen LogP contribution in [0.1, 0.15) is 24.8 Å². The smallest absolute Gasteiger partial charge is 0.227 e. The van der Waals surface area contributed by atoms with E-state index in [4.69, 9.17) is 4.74 Å². The van der Waals surface area contributed by atoms with Crippen molar-refractivity contribution in [2.24, 2.45) is 5.92 Å². The van der Waals surface area contributed by atoms with Gasteiger partial charge in [0.2, 0.25) is 5.91 Å². The van der Waals surface area contributed by atoms with Gasteiger partial charge in [-0.15, -0.1) is 0 Å². The highest BCUT2D eigenvalue weighted by Crippen LogP contribution is 2.27. The monoisotopic (exact) mass is 288 g/mol. The number of amides is 1. The number of ether oxygens (including phenoxy) is 1. The van der Waals surface area contributed by atoms with Crippen molar-refractivity contribution in [3.8, 4) is 5.75 Å². The van der Waals surface area contributed by atoms with Crippen molar-refractivity contribution in [2.75, 3.05) is 26.7 Å². The first-order valence-electron chi connectivity index (χ1n) is 7.91. The maximum Gasteiger partial charge on any atom is 0.227 e. The second kappa shape index (κ2) is 6.48. The van der Waals surface area contributed by atoms with Gasteiger partial charge in [-0.2, -0.15) is 0 Å². The molecule has 0 aromatic heterocycles. The molecule has 0 aliphatic carbocycles. The molecule has 2 fully saturated rings. The Balaban J connectivity index is 1.74. The molecule has 1 aromatic carbocycles. The molecule has 21 heavy (non-hydrogen) atoms. The Morgan fingerprint density at radius 2 is 2.19 bits per heavy atom. The summed E-state index contributed by atoms with van der Waals surface area (Å²) >= 11 is 0. The van der Waals surface area contributed by atoms with Crippen molar-refractivity contribution in [3.05, 3.63) is 29.8 Å². The summed E-state index contributed by atoms with van der Waals surface area (Å²) in [4.78, 5) is 14.9. The summed E-state index contributed by atoms with van der Waals surface area (Å²) in [5.41, 5.74) is 0.983. The van der Waals surface area contributed by atoms with E-state index in [9.17, 15) is 4.79 Å². The van der Waals surface area contributed by atoms with Crippen molar-refractivity contribution >= 4 is 5.91 Å². The lowest BCUT2D eigenvalue weighted by atomic mass is 9.98. The number of methoxy groups -OCH3 is 1. The Labute approximate surface area is 126 Å². The zero-order valence-electron chi connectivity index (χ0n) is 12.7. The third-order valence-electron chi connectivity index (χ3n) is 4.78. The number of rotatable bonds is 3. The van der Waals surface area contributed by atoms with E-state index in [-0.39, 0.29) is 5.91 Å². The van der Waals surface area contributed by atoms with Crippen molar-refractivity contribution in [2.45, 2.75) is 31.7 Å². The largest absolute Gasteiger partial charge is 0.496 e. The van der Waals surface area contributed by atoms with Gasteiger partial charge in [0, 0.05) is 31.2 Å². The van der Waals surface area contributed by atoms with Crippen LogP contribution >= 0.6 is 0 Å². The number of hydrogen-bond donors (Lipinski definition) is 1. The number of fused-ring (bicyclic) bond motifs is 1. The van der Waals surface area contributed by atoms with E-state index in [1.165, 1.54) is 12.8 Å². The molecular weight excluding hydrogens is 264 g/mol. The summed E-state index contributed by atoms with van der Waals surface area (Å²) in [6.07, 6.45) is 4.05. The van der Waals surface area contributed by atoms with Crippen LogP contribution in [0.4, 0.5) is 0 Å². The first-order chi connectivity index (χ1) is 10.3. The van der Waals surface area contributed by atoms with E-state index in [0.29, 0.717) is 18.4 Å². The predicted octanol–water partition coefficient (Wildman–Crippen LogP) is 1.84. The molecule has 1 amide bonds. The number of carbonyl (C=O) groups excluding carboxylic acids is 1. The van der Waals surface area contributed by atoms with Gasteiger partial charge in [-0.25, -0.2) is 0 Å². The number of carbonyl (C=O) groups is 1. The minimum Gasteiger partial charge on any atom is -0.496 e. The molecule has 2 heterocycles. The van der Waals surface area contributed by atoms with Crippen LogP contribution in [-0.4, -0.2) is 43.6 Å². The summed E-state index contributed by atoms with van der Waals surface area (Å²) in [5.74, 6) is 1.68. The maximum atomic E-state index is 12.8. The minimum absolute atomic E-state index is 0.236. The fraction of sp³-hybridized carbons (Fsp3) is 0.588. The van der Waals surface area contributed by atoms with Crippen LogP contribution in [0.2, 0.25) is 0 Å². The average molecular weight is 288 g/mol. The molecule has 0 bridgehead atoms. The third-order valence-corrected chi connectivity index (χ3v) is 4.78. The highest BCUT2D eigenvalue weighted by Gasteiger charge is 2.35. The molecule has 2 atom stereocenters. The molecule has 0 spiro atoms. The fourth-order valence-electron chi connectivity index (χ4n) is 3.66. The van der Waals surface area contributed by atoms with E-state index in [1.54, 1.807) is 7.11 Å². The lowest BCUT2D eigenvalue weighted by molar-refractivity contribution is -0.133. The molecule has 2 saturated heterocycles. The normalized spacial score (nSPS) is 25.3. The van der Waals surface area contributed by atoms with Gasteiger partial charge in [0.25, 0.3) is 0 Å². The summed E-state index contributed by atoms with van der Waals surface area (Å²) < 4.78 is 5.36. The standard InChI is InChI=1S/C17H24N2O2/c1-21-16-8-3-2-6-13(16)10-17(20)19-9-5-4-7-14-11-18-12-15(14)19/h2-3,6,8,14-15,18H,4-5,7,9-12H2,1H3/t14-,15+/m1/s1. The minimum atomic E-state index is 0.236. The lowest BCUT2D eigenvalue weighted by Gasteiger charge is -2.30. The molecule has 114 valence electrons. The number of nitrogens with one attached hydrogen (secondary N) is 1. The van der Waals surface area contributed by atoms with Gasteiger partial charge in [-0.1, -0.05) is 24.6 Å². The van der Waals surface area contributed by atoms with Crippen LogP contribution in [0, 0.1) is 5.92 Å². The van der Waals surface area contributed by atoms with Gasteiger partial charge < -0.3 is 15.0 Å². The van der Waals surface area contributed by atoms with Gasteiger partial charge in [0.05, 0.1) is 13.5 Å². The maximum absolute atomic E-state index is 12.8. The first kappa shape index (κ1) is 14.4. The Bertz CT molecular complexity index is 503. The average Bonchev–Trinajstić information content (AvgIpc) is 2.87. The zero-order valence-corrected chi connectivity index (χ0v) is 12.7. The molecule has 4 nitrogen and oxygen atoms in total. The van der Waals surface area contributed by atoms with E-state index in [1.807, 2.05) is 24.3 Å². The van der Waals surface area contributed by atoms with Crippen molar-refractivity contribution in [1.29, 1.82) is 0 Å². The second-order valence-electron chi connectivity index (χ2n) is 6.06. The predicted molar refractivity (Wildman–Crippen MR) is 82.4 cm³/mol. The summed E-state index contributed by atoms with van der Waals surface area (Å²) in [6, 6.07) is 8.20. The number of likely N-dealkylation sites (tertiary alicyclic amines) is 1. The molecule has 4 heteroatoms.